The molecule has 1 rings (SSSR count). The summed E-state index contributed by atoms with van der Waals surface area (Å²) in [7, 11) is 0. The maximum absolute atomic E-state index is 5.91. The lowest BCUT2D eigenvalue weighted by molar-refractivity contribution is 0.753. The van der Waals surface area contributed by atoms with Crippen LogP contribution in [0.5, 0.6) is 0 Å². The molecule has 0 unspecified atom stereocenters. The molecule has 2 heteroatoms. The third-order valence-electron chi connectivity index (χ3n) is 1.59. The van der Waals surface area contributed by atoms with Crippen LogP contribution in [0.1, 0.15) is 24.1 Å². The highest BCUT2D eigenvalue weighted by Gasteiger charge is 1.99. The van der Waals surface area contributed by atoms with Crippen LogP contribution in [0.15, 0.2) is 11.4 Å². The van der Waals surface area contributed by atoms with Crippen molar-refractivity contribution in [2.75, 3.05) is 0 Å². The summed E-state index contributed by atoms with van der Waals surface area (Å²) >= 11 is 7.66. The summed E-state index contributed by atoms with van der Waals surface area (Å²) in [6, 6.07) is 1.96. The highest BCUT2D eigenvalue weighted by atomic mass is 35.5. The largest absolute Gasteiger partial charge is 0.147 e. The van der Waals surface area contributed by atoms with Crippen molar-refractivity contribution in [1.82, 2.24) is 0 Å². The number of rotatable bonds is 4. The lowest BCUT2D eigenvalue weighted by Crippen LogP contribution is -1.80. The Morgan fingerprint density at radius 1 is 1.45 bits per heavy atom. The molecule has 0 N–H and O–H groups in total. The van der Waals surface area contributed by atoms with Crippen molar-refractivity contribution in [2.45, 2.75) is 25.7 Å². The van der Waals surface area contributed by atoms with Gasteiger partial charge >= 0.3 is 0 Å². The van der Waals surface area contributed by atoms with Crippen LogP contribution in [0, 0.1) is 6.92 Å². The van der Waals surface area contributed by atoms with Gasteiger partial charge in [-0.1, -0.05) is 31.4 Å². The van der Waals surface area contributed by atoms with E-state index in [0.29, 0.717) is 0 Å². The summed E-state index contributed by atoms with van der Waals surface area (Å²) in [5, 5.41) is 2.97. The van der Waals surface area contributed by atoms with E-state index in [1.807, 2.05) is 11.4 Å². The predicted octanol–water partition coefficient (Wildman–Crippen LogP) is 3.95. The zero-order valence-corrected chi connectivity index (χ0v) is 8.05. The monoisotopic (exact) mass is 187 g/mol. The molecule has 61 valence electrons. The van der Waals surface area contributed by atoms with Gasteiger partial charge in [0.2, 0.25) is 0 Å². The minimum absolute atomic E-state index is 0.930. The van der Waals surface area contributed by atoms with Gasteiger partial charge in [0, 0.05) is 4.88 Å². The van der Waals surface area contributed by atoms with Crippen molar-refractivity contribution in [3.05, 3.63) is 28.3 Å². The van der Waals surface area contributed by atoms with E-state index in [0.717, 1.165) is 17.9 Å². The molecule has 0 atom stereocenters. The first-order valence-electron chi connectivity index (χ1n) is 3.85. The SMILES string of the molecule is [CH2]CCCCc1sccc1Cl. The highest BCUT2D eigenvalue weighted by Crippen LogP contribution is 2.23. The van der Waals surface area contributed by atoms with Gasteiger partial charge in [-0.2, -0.15) is 0 Å². The number of aryl methyl sites for hydroxylation is 1. The van der Waals surface area contributed by atoms with Gasteiger partial charge in [0.05, 0.1) is 5.02 Å². The Kier molecular flexibility index (Phi) is 3.95. The Hall–Kier alpha value is -0.0100. The van der Waals surface area contributed by atoms with E-state index in [-0.39, 0.29) is 0 Å². The molecule has 0 fully saturated rings. The Morgan fingerprint density at radius 2 is 2.27 bits per heavy atom. The summed E-state index contributed by atoms with van der Waals surface area (Å²) in [6.45, 7) is 3.80. The summed E-state index contributed by atoms with van der Waals surface area (Å²) < 4.78 is 0. The maximum Gasteiger partial charge on any atom is 0.0544 e. The number of hydrogen-bond donors (Lipinski definition) is 0. The Morgan fingerprint density at radius 3 is 2.82 bits per heavy atom. The zero-order valence-electron chi connectivity index (χ0n) is 6.48. The second-order valence-corrected chi connectivity index (χ2v) is 3.91. The molecule has 0 nitrogen and oxygen atoms in total. The fourth-order valence-electron chi connectivity index (χ4n) is 0.966. The van der Waals surface area contributed by atoms with Crippen molar-refractivity contribution in [3.63, 3.8) is 0 Å². The van der Waals surface area contributed by atoms with E-state index in [1.54, 1.807) is 11.3 Å². The topological polar surface area (TPSA) is 0 Å². The lowest BCUT2D eigenvalue weighted by atomic mass is 10.2. The molecule has 0 saturated carbocycles. The van der Waals surface area contributed by atoms with Gasteiger partial charge in [0.25, 0.3) is 0 Å². The fraction of sp³-hybridized carbons (Fsp3) is 0.444. The molecule has 0 spiro atoms. The van der Waals surface area contributed by atoms with Crippen LogP contribution >= 0.6 is 22.9 Å². The van der Waals surface area contributed by atoms with E-state index < -0.39 is 0 Å². The van der Waals surface area contributed by atoms with Crippen molar-refractivity contribution in [1.29, 1.82) is 0 Å². The van der Waals surface area contributed by atoms with Gasteiger partial charge in [0.15, 0.2) is 0 Å². The first-order valence-corrected chi connectivity index (χ1v) is 5.11. The number of halogens is 1. The second kappa shape index (κ2) is 4.78. The van der Waals surface area contributed by atoms with Crippen LogP contribution in [0.2, 0.25) is 5.02 Å². The van der Waals surface area contributed by atoms with Gasteiger partial charge in [-0.3, -0.25) is 0 Å². The van der Waals surface area contributed by atoms with Gasteiger partial charge in [0.1, 0.15) is 0 Å². The maximum atomic E-state index is 5.91. The summed E-state index contributed by atoms with van der Waals surface area (Å²) in [6.07, 6.45) is 4.56. The Balaban J connectivity index is 2.32. The first-order chi connectivity index (χ1) is 5.34. The first kappa shape index (κ1) is 9.08. The van der Waals surface area contributed by atoms with Crippen LogP contribution in [0.3, 0.4) is 0 Å². The average Bonchev–Trinajstić information content (AvgIpc) is 2.37. The molecule has 1 heterocycles. The van der Waals surface area contributed by atoms with E-state index >= 15 is 0 Å². The van der Waals surface area contributed by atoms with Crippen molar-refractivity contribution in [3.8, 4) is 0 Å². The van der Waals surface area contributed by atoms with Gasteiger partial charge in [-0.15, -0.1) is 11.3 Å². The fourth-order valence-corrected chi connectivity index (χ4v) is 2.14. The molecule has 1 aromatic heterocycles. The van der Waals surface area contributed by atoms with Crippen LogP contribution in [-0.2, 0) is 6.42 Å². The van der Waals surface area contributed by atoms with Crippen LogP contribution in [0.4, 0.5) is 0 Å². The zero-order chi connectivity index (χ0) is 8.10. The van der Waals surface area contributed by atoms with Crippen molar-refractivity contribution in [2.24, 2.45) is 0 Å². The summed E-state index contributed by atoms with van der Waals surface area (Å²) in [5.41, 5.74) is 0. The third kappa shape index (κ3) is 2.84. The molecule has 0 aromatic carbocycles. The normalized spacial score (nSPS) is 10.4. The number of thiophene rings is 1. The van der Waals surface area contributed by atoms with E-state index in [2.05, 4.69) is 6.92 Å². The molecule has 0 aliphatic carbocycles. The molecular formula is C9H12ClS. The Bertz CT molecular complexity index is 205. The second-order valence-electron chi connectivity index (χ2n) is 2.50. The minimum atomic E-state index is 0.930. The van der Waals surface area contributed by atoms with Gasteiger partial charge in [-0.05, 0) is 24.3 Å². The van der Waals surface area contributed by atoms with E-state index in [4.69, 9.17) is 11.6 Å². The van der Waals surface area contributed by atoms with Crippen LogP contribution in [0.25, 0.3) is 0 Å². The molecular weight excluding hydrogens is 176 g/mol. The van der Waals surface area contributed by atoms with E-state index in [1.165, 1.54) is 17.7 Å². The molecule has 0 bridgehead atoms. The molecule has 1 radical (unpaired) electrons. The Labute approximate surface area is 77.2 Å². The standard InChI is InChI=1S/C9H12ClS/c1-2-3-4-5-9-8(10)6-7-11-9/h6-7H,1-5H2. The lowest BCUT2D eigenvalue weighted by Gasteiger charge is -1.95. The van der Waals surface area contributed by atoms with Gasteiger partial charge < -0.3 is 0 Å². The third-order valence-corrected chi connectivity index (χ3v) is 3.04. The van der Waals surface area contributed by atoms with Crippen LogP contribution in [-0.4, -0.2) is 0 Å². The molecule has 0 saturated heterocycles. The molecule has 1 aromatic rings. The average molecular weight is 188 g/mol. The van der Waals surface area contributed by atoms with Gasteiger partial charge in [-0.25, -0.2) is 0 Å². The quantitative estimate of drug-likeness (QED) is 0.627. The smallest absolute Gasteiger partial charge is 0.0544 e. The molecule has 0 amide bonds. The number of hydrogen-bond acceptors (Lipinski definition) is 1. The van der Waals surface area contributed by atoms with E-state index in [9.17, 15) is 0 Å². The highest BCUT2D eigenvalue weighted by molar-refractivity contribution is 7.10. The summed E-state index contributed by atoms with van der Waals surface area (Å²) in [4.78, 5) is 1.32. The number of unbranched alkanes of at least 4 members (excludes halogenated alkanes) is 2. The molecule has 0 aliphatic rings. The molecule has 0 aliphatic heterocycles. The minimum Gasteiger partial charge on any atom is -0.147 e. The van der Waals surface area contributed by atoms with Crippen LogP contribution < -0.4 is 0 Å². The predicted molar refractivity (Wildman–Crippen MR) is 52.2 cm³/mol. The summed E-state index contributed by atoms with van der Waals surface area (Å²) in [5.74, 6) is 0. The van der Waals surface area contributed by atoms with Crippen molar-refractivity contribution >= 4 is 22.9 Å². The van der Waals surface area contributed by atoms with Crippen molar-refractivity contribution < 1.29 is 0 Å². The molecule has 11 heavy (non-hydrogen) atoms.